The molecule has 164 valence electrons. The molecule has 4 rings (SSSR count). The van der Waals surface area contributed by atoms with Gasteiger partial charge < -0.3 is 10.0 Å². The predicted octanol–water partition coefficient (Wildman–Crippen LogP) is 5.71. The zero-order valence-corrected chi connectivity index (χ0v) is 19.3. The van der Waals surface area contributed by atoms with Crippen LogP contribution >= 0.6 is 0 Å². The number of fused-ring (bicyclic) bond motifs is 1. The number of benzene rings is 3. The Bertz CT molecular complexity index is 1260. The van der Waals surface area contributed by atoms with E-state index >= 15 is 0 Å². The Hall–Kier alpha value is -3.60. The lowest BCUT2D eigenvalue weighted by atomic mass is 9.98. The van der Waals surface area contributed by atoms with E-state index in [4.69, 9.17) is 4.98 Å². The highest BCUT2D eigenvalue weighted by molar-refractivity contribution is 5.97. The molecule has 5 heteroatoms. The molecule has 1 amide bonds. The second kappa shape index (κ2) is 8.50. The first-order valence-corrected chi connectivity index (χ1v) is 10.9. The molecule has 4 aromatic rings. The molecule has 32 heavy (non-hydrogen) atoms. The number of aromatic nitrogens is 2. The zero-order valence-electron chi connectivity index (χ0n) is 19.3. The summed E-state index contributed by atoms with van der Waals surface area (Å²) in [5, 5.41) is 9.75. The Morgan fingerprint density at radius 3 is 2.25 bits per heavy atom. The van der Waals surface area contributed by atoms with Gasteiger partial charge in [-0.05, 0) is 82.1 Å². The molecule has 0 fully saturated rings. The molecule has 0 saturated heterocycles. The predicted molar refractivity (Wildman–Crippen MR) is 128 cm³/mol. The number of carbonyl (C=O) groups is 1. The number of amides is 1. The van der Waals surface area contributed by atoms with Crippen molar-refractivity contribution in [1.82, 2.24) is 14.5 Å². The molecule has 0 aliphatic rings. The number of para-hydroxylation sites is 2. The van der Waals surface area contributed by atoms with Gasteiger partial charge in [-0.2, -0.15) is 0 Å². The first-order valence-electron chi connectivity index (χ1n) is 10.9. The Kier molecular flexibility index (Phi) is 5.74. The highest BCUT2D eigenvalue weighted by atomic mass is 16.3. The normalized spacial score (nSPS) is 11.3. The van der Waals surface area contributed by atoms with E-state index in [9.17, 15) is 9.90 Å². The van der Waals surface area contributed by atoms with Crippen molar-refractivity contribution in [2.75, 3.05) is 0 Å². The summed E-state index contributed by atoms with van der Waals surface area (Å²) in [4.78, 5) is 20.5. The zero-order chi connectivity index (χ0) is 23.0. The smallest absolute Gasteiger partial charge is 0.255 e. The van der Waals surface area contributed by atoms with Crippen LogP contribution in [0.4, 0.5) is 0 Å². The van der Waals surface area contributed by atoms with Crippen molar-refractivity contribution in [2.24, 2.45) is 0 Å². The van der Waals surface area contributed by atoms with Crippen LogP contribution in [0.3, 0.4) is 0 Å². The van der Waals surface area contributed by atoms with E-state index < -0.39 is 0 Å². The van der Waals surface area contributed by atoms with E-state index in [1.54, 1.807) is 12.1 Å². The van der Waals surface area contributed by atoms with E-state index in [0.29, 0.717) is 6.54 Å². The van der Waals surface area contributed by atoms with Gasteiger partial charge in [0.2, 0.25) is 0 Å². The summed E-state index contributed by atoms with van der Waals surface area (Å²) in [5.74, 6) is 1.00. The van der Waals surface area contributed by atoms with Gasteiger partial charge in [-0.25, -0.2) is 4.98 Å². The van der Waals surface area contributed by atoms with Crippen LogP contribution in [0.15, 0.2) is 60.7 Å². The molecule has 0 saturated carbocycles. The van der Waals surface area contributed by atoms with Gasteiger partial charge >= 0.3 is 0 Å². The lowest BCUT2D eigenvalue weighted by Gasteiger charge is -2.28. The monoisotopic (exact) mass is 427 g/mol. The topological polar surface area (TPSA) is 58.4 Å². The quantitative estimate of drug-likeness (QED) is 0.444. The van der Waals surface area contributed by atoms with Crippen LogP contribution in [0.2, 0.25) is 0 Å². The molecule has 0 aliphatic carbocycles. The molecule has 1 aromatic heterocycles. The number of rotatable bonds is 5. The molecular weight excluding hydrogens is 398 g/mol. The number of phenols is 1. The van der Waals surface area contributed by atoms with Gasteiger partial charge in [0.05, 0.1) is 17.6 Å². The molecule has 0 bridgehead atoms. The van der Waals surface area contributed by atoms with Crippen molar-refractivity contribution in [1.29, 1.82) is 0 Å². The minimum Gasteiger partial charge on any atom is -0.508 e. The number of phenolic OH excluding ortho intramolecular Hbond substituents is 1. The van der Waals surface area contributed by atoms with Gasteiger partial charge in [0.15, 0.2) is 0 Å². The average molecular weight is 428 g/mol. The first-order chi connectivity index (χ1) is 15.3. The second-order valence-electron chi connectivity index (χ2n) is 8.67. The number of nitrogens with zero attached hydrogens (tertiary/aromatic N) is 3. The largest absolute Gasteiger partial charge is 0.508 e. The van der Waals surface area contributed by atoms with Crippen molar-refractivity contribution in [3.05, 3.63) is 88.7 Å². The Balaban J connectivity index is 1.81. The third kappa shape index (κ3) is 3.98. The average Bonchev–Trinajstić information content (AvgIpc) is 3.09. The summed E-state index contributed by atoms with van der Waals surface area (Å²) < 4.78 is 2.06. The summed E-state index contributed by atoms with van der Waals surface area (Å²) in [6.45, 7) is 10.5. The number of aromatic hydroxyl groups is 1. The fourth-order valence-electron chi connectivity index (χ4n) is 4.37. The second-order valence-corrected chi connectivity index (χ2v) is 8.67. The van der Waals surface area contributed by atoms with E-state index in [-0.39, 0.29) is 17.7 Å². The molecular formula is C27H29N3O2. The molecule has 0 spiro atoms. The Morgan fingerprint density at radius 1 is 1.00 bits per heavy atom. The minimum absolute atomic E-state index is 0.00400. The summed E-state index contributed by atoms with van der Waals surface area (Å²) in [6, 6.07) is 19.1. The molecule has 0 radical (unpaired) electrons. The van der Waals surface area contributed by atoms with Crippen molar-refractivity contribution in [2.45, 2.75) is 47.2 Å². The van der Waals surface area contributed by atoms with Crippen LogP contribution in [0.1, 0.15) is 46.7 Å². The van der Waals surface area contributed by atoms with Crippen LogP contribution in [0, 0.1) is 20.8 Å². The van der Waals surface area contributed by atoms with Crippen LogP contribution < -0.4 is 0 Å². The van der Waals surface area contributed by atoms with Gasteiger partial charge in [0.25, 0.3) is 5.91 Å². The Morgan fingerprint density at radius 2 is 1.62 bits per heavy atom. The van der Waals surface area contributed by atoms with E-state index in [2.05, 4.69) is 23.6 Å². The third-order valence-electron chi connectivity index (χ3n) is 5.83. The highest BCUT2D eigenvalue weighted by Crippen LogP contribution is 2.26. The number of aryl methyl sites for hydroxylation is 3. The molecule has 0 unspecified atom stereocenters. The van der Waals surface area contributed by atoms with Crippen molar-refractivity contribution in [3.8, 4) is 11.4 Å². The van der Waals surface area contributed by atoms with Gasteiger partial charge in [0.1, 0.15) is 11.6 Å². The maximum Gasteiger partial charge on any atom is 0.255 e. The summed E-state index contributed by atoms with van der Waals surface area (Å²) in [7, 11) is 0. The van der Waals surface area contributed by atoms with Crippen LogP contribution in [0.5, 0.6) is 5.75 Å². The lowest BCUT2D eigenvalue weighted by molar-refractivity contribution is 0.0683. The summed E-state index contributed by atoms with van der Waals surface area (Å²) in [5.41, 5.74) is 6.63. The third-order valence-corrected chi connectivity index (χ3v) is 5.83. The van der Waals surface area contributed by atoms with E-state index in [0.717, 1.165) is 44.8 Å². The van der Waals surface area contributed by atoms with E-state index in [1.807, 2.05) is 69.0 Å². The van der Waals surface area contributed by atoms with Crippen molar-refractivity contribution >= 4 is 16.9 Å². The Labute approximate surface area is 189 Å². The number of carbonyl (C=O) groups excluding carboxylic acids is 1. The van der Waals surface area contributed by atoms with Crippen LogP contribution in [-0.2, 0) is 6.54 Å². The summed E-state index contributed by atoms with van der Waals surface area (Å²) in [6.07, 6.45) is 0. The molecule has 1 N–H and O–H groups in total. The minimum atomic E-state index is -0.00400. The number of imidazole rings is 1. The molecule has 0 aliphatic heterocycles. The van der Waals surface area contributed by atoms with Gasteiger partial charge in [-0.3, -0.25) is 9.36 Å². The summed E-state index contributed by atoms with van der Waals surface area (Å²) >= 11 is 0. The van der Waals surface area contributed by atoms with Crippen molar-refractivity contribution < 1.29 is 9.90 Å². The number of hydrogen-bond acceptors (Lipinski definition) is 3. The molecule has 1 heterocycles. The first kappa shape index (κ1) is 21.6. The maximum absolute atomic E-state index is 13.7. The van der Waals surface area contributed by atoms with Gasteiger partial charge in [-0.15, -0.1) is 0 Å². The standard InChI is InChI=1S/C27H29N3O2/c1-17(2)29(27(32)26-19(4)14-18(3)15-20(26)5)16-25-28-23-8-6-7-9-24(23)30(25)21-10-12-22(31)13-11-21/h6-15,17,31H,16H2,1-5H3. The maximum atomic E-state index is 13.7. The van der Waals surface area contributed by atoms with Crippen LogP contribution in [-0.4, -0.2) is 31.5 Å². The lowest BCUT2D eigenvalue weighted by Crippen LogP contribution is -2.38. The van der Waals surface area contributed by atoms with Gasteiger partial charge in [0, 0.05) is 17.3 Å². The fourth-order valence-corrected chi connectivity index (χ4v) is 4.37. The molecule has 5 nitrogen and oxygen atoms in total. The fraction of sp³-hybridized carbons (Fsp3) is 0.259. The van der Waals surface area contributed by atoms with Gasteiger partial charge in [-0.1, -0.05) is 29.8 Å². The van der Waals surface area contributed by atoms with E-state index in [1.165, 1.54) is 0 Å². The van der Waals surface area contributed by atoms with Crippen LogP contribution in [0.25, 0.3) is 16.7 Å². The highest BCUT2D eigenvalue weighted by Gasteiger charge is 2.25. The number of hydrogen-bond donors (Lipinski definition) is 1. The van der Waals surface area contributed by atoms with Crippen molar-refractivity contribution in [3.63, 3.8) is 0 Å². The SMILES string of the molecule is Cc1cc(C)c(C(=O)N(Cc2nc3ccccc3n2-c2ccc(O)cc2)C(C)C)c(C)c1. The molecule has 3 aromatic carbocycles. The molecule has 0 atom stereocenters.